The average molecular weight is 334 g/mol. The normalized spacial score (nSPS) is 20.0. The van der Waals surface area contributed by atoms with Crippen molar-refractivity contribution >= 4 is 11.8 Å². The number of carbonyl (C=O) groups excluding carboxylic acids is 2. The summed E-state index contributed by atoms with van der Waals surface area (Å²) in [6, 6.07) is 1.66. The highest BCUT2D eigenvalue weighted by Crippen LogP contribution is 2.12. The molecule has 0 aliphatic carbocycles. The highest BCUT2D eigenvalue weighted by molar-refractivity contribution is 5.92. The van der Waals surface area contributed by atoms with E-state index in [-0.39, 0.29) is 11.8 Å². The van der Waals surface area contributed by atoms with E-state index in [0.29, 0.717) is 31.1 Å². The fourth-order valence-electron chi connectivity index (χ4n) is 3.35. The van der Waals surface area contributed by atoms with Crippen LogP contribution < -0.4 is 0 Å². The molecule has 0 radical (unpaired) electrons. The van der Waals surface area contributed by atoms with Crippen LogP contribution in [0.25, 0.3) is 0 Å². The molecule has 0 unspecified atom stereocenters. The third-order valence-electron chi connectivity index (χ3n) is 4.82. The van der Waals surface area contributed by atoms with Crippen LogP contribution in [0.5, 0.6) is 0 Å². The largest absolute Gasteiger partial charge is 0.361 e. The highest BCUT2D eigenvalue weighted by atomic mass is 16.5. The van der Waals surface area contributed by atoms with Gasteiger partial charge >= 0.3 is 0 Å². The van der Waals surface area contributed by atoms with Crippen molar-refractivity contribution in [2.24, 2.45) is 0 Å². The maximum atomic E-state index is 12.4. The SMILES string of the molecule is Cc1cc(C(=O)N2CCN(CC(=O)N3CCCCCC3)CC2)no1. The molecule has 24 heavy (non-hydrogen) atoms. The first kappa shape index (κ1) is 17.0. The van der Waals surface area contributed by atoms with E-state index in [1.54, 1.807) is 17.9 Å². The zero-order valence-electron chi connectivity index (χ0n) is 14.4. The minimum Gasteiger partial charge on any atom is -0.361 e. The molecule has 0 N–H and O–H groups in total. The van der Waals surface area contributed by atoms with E-state index >= 15 is 0 Å². The van der Waals surface area contributed by atoms with Gasteiger partial charge < -0.3 is 14.3 Å². The first-order valence-corrected chi connectivity index (χ1v) is 8.86. The van der Waals surface area contributed by atoms with Gasteiger partial charge in [0.15, 0.2) is 5.69 Å². The van der Waals surface area contributed by atoms with Gasteiger partial charge in [-0.3, -0.25) is 14.5 Å². The fourth-order valence-corrected chi connectivity index (χ4v) is 3.35. The second-order valence-electron chi connectivity index (χ2n) is 6.69. The lowest BCUT2D eigenvalue weighted by molar-refractivity contribution is -0.132. The zero-order valence-corrected chi connectivity index (χ0v) is 14.4. The predicted molar refractivity (Wildman–Crippen MR) is 88.6 cm³/mol. The molecule has 2 saturated heterocycles. The van der Waals surface area contributed by atoms with Gasteiger partial charge in [-0.15, -0.1) is 0 Å². The molecule has 2 aliphatic rings. The summed E-state index contributed by atoms with van der Waals surface area (Å²) in [5.41, 5.74) is 0.363. The second kappa shape index (κ2) is 7.79. The molecule has 2 amide bonds. The van der Waals surface area contributed by atoms with Crippen LogP contribution in [0.2, 0.25) is 0 Å². The van der Waals surface area contributed by atoms with E-state index in [1.807, 2.05) is 4.90 Å². The van der Waals surface area contributed by atoms with Gasteiger partial charge in [-0.1, -0.05) is 18.0 Å². The van der Waals surface area contributed by atoms with E-state index in [4.69, 9.17) is 4.52 Å². The molecule has 0 aromatic carbocycles. The summed E-state index contributed by atoms with van der Waals surface area (Å²) in [7, 11) is 0. The van der Waals surface area contributed by atoms with Crippen molar-refractivity contribution in [3.63, 3.8) is 0 Å². The van der Waals surface area contributed by atoms with Crippen LogP contribution in [0, 0.1) is 6.92 Å². The average Bonchev–Trinajstić information content (AvgIpc) is 2.85. The van der Waals surface area contributed by atoms with Crippen molar-refractivity contribution in [2.75, 3.05) is 45.8 Å². The van der Waals surface area contributed by atoms with Crippen LogP contribution in [-0.4, -0.2) is 77.5 Å². The molecule has 0 saturated carbocycles. The lowest BCUT2D eigenvalue weighted by atomic mass is 10.2. The monoisotopic (exact) mass is 334 g/mol. The summed E-state index contributed by atoms with van der Waals surface area (Å²) in [6.07, 6.45) is 4.69. The van der Waals surface area contributed by atoms with Gasteiger partial charge in [0.2, 0.25) is 5.91 Å². The zero-order chi connectivity index (χ0) is 16.9. The van der Waals surface area contributed by atoms with Gasteiger partial charge in [0.05, 0.1) is 6.54 Å². The van der Waals surface area contributed by atoms with Crippen LogP contribution in [0.1, 0.15) is 41.9 Å². The first-order chi connectivity index (χ1) is 11.6. The molecular weight excluding hydrogens is 308 g/mol. The quantitative estimate of drug-likeness (QED) is 0.829. The number of likely N-dealkylation sites (tertiary alicyclic amines) is 1. The first-order valence-electron chi connectivity index (χ1n) is 8.86. The van der Waals surface area contributed by atoms with Gasteiger partial charge in [-0.05, 0) is 19.8 Å². The van der Waals surface area contributed by atoms with E-state index < -0.39 is 0 Å². The molecule has 3 rings (SSSR count). The Labute approximate surface area is 142 Å². The smallest absolute Gasteiger partial charge is 0.276 e. The number of rotatable bonds is 3. The van der Waals surface area contributed by atoms with Gasteiger partial charge in [-0.2, -0.15) is 0 Å². The van der Waals surface area contributed by atoms with Gasteiger partial charge in [0.25, 0.3) is 5.91 Å². The lowest BCUT2D eigenvalue weighted by Gasteiger charge is -2.35. The van der Waals surface area contributed by atoms with Crippen molar-refractivity contribution in [1.82, 2.24) is 19.9 Å². The van der Waals surface area contributed by atoms with Crippen LogP contribution in [0.4, 0.5) is 0 Å². The summed E-state index contributed by atoms with van der Waals surface area (Å²) < 4.78 is 4.97. The maximum Gasteiger partial charge on any atom is 0.276 e. The molecule has 7 nitrogen and oxygen atoms in total. The topological polar surface area (TPSA) is 69.9 Å². The summed E-state index contributed by atoms with van der Waals surface area (Å²) in [5, 5.41) is 3.79. The summed E-state index contributed by atoms with van der Waals surface area (Å²) in [6.45, 7) is 6.72. The highest BCUT2D eigenvalue weighted by Gasteiger charge is 2.26. The minimum atomic E-state index is -0.0923. The number of nitrogens with zero attached hydrogens (tertiary/aromatic N) is 4. The molecule has 1 aromatic rings. The van der Waals surface area contributed by atoms with Gasteiger partial charge in [0.1, 0.15) is 5.76 Å². The van der Waals surface area contributed by atoms with E-state index in [9.17, 15) is 9.59 Å². The third-order valence-corrected chi connectivity index (χ3v) is 4.82. The van der Waals surface area contributed by atoms with Crippen LogP contribution >= 0.6 is 0 Å². The predicted octanol–water partition coefficient (Wildman–Crippen LogP) is 1.14. The molecule has 2 fully saturated rings. The lowest BCUT2D eigenvalue weighted by Crippen LogP contribution is -2.51. The van der Waals surface area contributed by atoms with Crippen molar-refractivity contribution in [2.45, 2.75) is 32.6 Å². The number of piperazine rings is 1. The van der Waals surface area contributed by atoms with Crippen molar-refractivity contribution < 1.29 is 14.1 Å². The molecule has 0 spiro atoms. The van der Waals surface area contributed by atoms with E-state index in [0.717, 1.165) is 39.0 Å². The van der Waals surface area contributed by atoms with Crippen molar-refractivity contribution in [3.05, 3.63) is 17.5 Å². The molecule has 2 aliphatic heterocycles. The Kier molecular flexibility index (Phi) is 5.50. The van der Waals surface area contributed by atoms with Crippen LogP contribution in [0.15, 0.2) is 10.6 Å². The van der Waals surface area contributed by atoms with Crippen LogP contribution in [0.3, 0.4) is 0 Å². The Hall–Kier alpha value is -1.89. The number of amides is 2. The van der Waals surface area contributed by atoms with E-state index in [1.165, 1.54) is 12.8 Å². The molecule has 0 atom stereocenters. The number of hydrogen-bond acceptors (Lipinski definition) is 5. The molecular formula is C17H26N4O3. The molecule has 3 heterocycles. The van der Waals surface area contributed by atoms with Crippen molar-refractivity contribution in [1.29, 1.82) is 0 Å². The molecule has 7 heteroatoms. The Morgan fingerprint density at radius 2 is 1.67 bits per heavy atom. The van der Waals surface area contributed by atoms with E-state index in [2.05, 4.69) is 10.1 Å². The van der Waals surface area contributed by atoms with Crippen molar-refractivity contribution in [3.8, 4) is 0 Å². The molecule has 0 bridgehead atoms. The summed E-state index contributed by atoms with van der Waals surface area (Å²) >= 11 is 0. The Morgan fingerprint density at radius 1 is 1.00 bits per heavy atom. The number of hydrogen-bond donors (Lipinski definition) is 0. The Bertz CT molecular complexity index is 570. The molecule has 1 aromatic heterocycles. The maximum absolute atomic E-state index is 12.4. The summed E-state index contributed by atoms with van der Waals surface area (Å²) in [4.78, 5) is 30.7. The van der Waals surface area contributed by atoms with Gasteiger partial charge in [-0.25, -0.2) is 0 Å². The third kappa shape index (κ3) is 4.14. The summed E-state index contributed by atoms with van der Waals surface area (Å²) in [5.74, 6) is 0.772. The number of aryl methyl sites for hydroxylation is 1. The fraction of sp³-hybridized carbons (Fsp3) is 0.706. The number of carbonyl (C=O) groups is 2. The Balaban J connectivity index is 1.46. The number of aromatic nitrogens is 1. The molecule has 132 valence electrons. The van der Waals surface area contributed by atoms with Gasteiger partial charge in [0, 0.05) is 45.3 Å². The standard InChI is InChI=1S/C17H26N4O3/c1-14-12-15(18-24-14)17(23)21-10-8-19(9-11-21)13-16(22)20-6-4-2-3-5-7-20/h12H,2-11,13H2,1H3. The Morgan fingerprint density at radius 3 is 2.25 bits per heavy atom. The van der Waals surface area contributed by atoms with Crippen LogP contribution in [-0.2, 0) is 4.79 Å². The minimum absolute atomic E-state index is 0.0923. The second-order valence-corrected chi connectivity index (χ2v) is 6.69.